The Morgan fingerprint density at radius 3 is 3.17 bits per heavy atom. The highest BCUT2D eigenvalue weighted by Crippen LogP contribution is 2.21. The topological polar surface area (TPSA) is 104 Å². The summed E-state index contributed by atoms with van der Waals surface area (Å²) in [5.41, 5.74) is 8.13. The molecular weight excluding hydrogens is 232 g/mol. The number of rotatable bonds is 3. The number of nitrogens with zero attached hydrogens (tertiary/aromatic N) is 4. The van der Waals surface area contributed by atoms with Crippen LogP contribution in [0.4, 0.5) is 5.82 Å². The van der Waals surface area contributed by atoms with Crippen molar-refractivity contribution < 1.29 is 5.11 Å². The van der Waals surface area contributed by atoms with E-state index in [1.807, 2.05) is 0 Å². The number of aromatic nitrogens is 4. The monoisotopic (exact) mass is 248 g/mol. The molecule has 2 aromatic heterocycles. The van der Waals surface area contributed by atoms with Crippen LogP contribution in [0, 0.1) is 5.92 Å². The zero-order chi connectivity index (χ0) is 12.5. The van der Waals surface area contributed by atoms with Gasteiger partial charge in [0.1, 0.15) is 23.1 Å². The first-order valence-corrected chi connectivity index (χ1v) is 6.04. The Kier molecular flexibility index (Phi) is 2.85. The molecule has 2 aromatic rings. The Labute approximate surface area is 104 Å². The maximum absolute atomic E-state index is 9.13. The number of hydrogen-bond donors (Lipinski definition) is 3. The number of nitrogens with two attached hydrogens (primary N) is 1. The second-order valence-corrected chi connectivity index (χ2v) is 4.73. The number of nitrogen functional groups attached to an aromatic ring is 1. The number of fused-ring (bicyclic) bond motifs is 1. The van der Waals surface area contributed by atoms with E-state index in [9.17, 15) is 0 Å². The molecule has 0 spiro atoms. The minimum atomic E-state index is 0.257. The van der Waals surface area contributed by atoms with Crippen LogP contribution in [0.1, 0.15) is 12.1 Å². The van der Waals surface area contributed by atoms with Crippen molar-refractivity contribution in [2.45, 2.75) is 13.0 Å². The zero-order valence-electron chi connectivity index (χ0n) is 10.0. The van der Waals surface area contributed by atoms with Crippen molar-refractivity contribution in [2.24, 2.45) is 5.92 Å². The Balaban J connectivity index is 1.81. The molecule has 3 heterocycles. The highest BCUT2D eigenvalue weighted by Gasteiger charge is 2.23. The largest absolute Gasteiger partial charge is 0.396 e. The summed E-state index contributed by atoms with van der Waals surface area (Å²) in [6.45, 7) is 2.88. The number of nitrogens with one attached hydrogen (secondary N) is 1. The van der Waals surface area contributed by atoms with Gasteiger partial charge < -0.3 is 10.8 Å². The molecule has 1 aliphatic rings. The van der Waals surface area contributed by atoms with Crippen molar-refractivity contribution >= 4 is 16.9 Å². The molecule has 1 atom stereocenters. The molecule has 1 saturated heterocycles. The fourth-order valence-corrected chi connectivity index (χ4v) is 2.43. The molecule has 0 aromatic carbocycles. The van der Waals surface area contributed by atoms with E-state index < -0.39 is 0 Å². The van der Waals surface area contributed by atoms with Gasteiger partial charge in [0.05, 0.1) is 0 Å². The van der Waals surface area contributed by atoms with Crippen molar-refractivity contribution in [2.75, 3.05) is 25.4 Å². The van der Waals surface area contributed by atoms with Crippen LogP contribution in [-0.2, 0) is 6.54 Å². The molecule has 7 nitrogen and oxygen atoms in total. The number of aliphatic hydroxyl groups is 1. The molecule has 0 amide bonds. The van der Waals surface area contributed by atoms with Gasteiger partial charge in [-0.1, -0.05) is 0 Å². The molecular formula is C11H16N6O. The molecule has 0 saturated carbocycles. The molecule has 1 aliphatic heterocycles. The van der Waals surface area contributed by atoms with E-state index in [1.165, 1.54) is 6.33 Å². The van der Waals surface area contributed by atoms with Gasteiger partial charge in [-0.15, -0.1) is 0 Å². The first-order valence-electron chi connectivity index (χ1n) is 6.04. The zero-order valence-corrected chi connectivity index (χ0v) is 10.0. The number of H-pyrrole nitrogens is 1. The average Bonchev–Trinajstić information content (AvgIpc) is 2.98. The van der Waals surface area contributed by atoms with Gasteiger partial charge in [-0.2, -0.15) is 5.10 Å². The van der Waals surface area contributed by atoms with Crippen LogP contribution in [0.2, 0.25) is 0 Å². The maximum atomic E-state index is 9.13. The van der Waals surface area contributed by atoms with Crippen molar-refractivity contribution in [1.29, 1.82) is 0 Å². The number of aliphatic hydroxyl groups excluding tert-OH is 1. The second kappa shape index (κ2) is 4.51. The lowest BCUT2D eigenvalue weighted by atomic mass is 10.1. The molecule has 4 N–H and O–H groups in total. The molecule has 0 bridgehead atoms. The lowest BCUT2D eigenvalue weighted by Crippen LogP contribution is -2.21. The molecule has 0 aliphatic carbocycles. The van der Waals surface area contributed by atoms with Crippen molar-refractivity contribution in [1.82, 2.24) is 25.1 Å². The van der Waals surface area contributed by atoms with Crippen LogP contribution < -0.4 is 5.73 Å². The SMILES string of the molecule is Nc1ncnc2c(CN3CC[C@@H](CO)C3)n[nH]c12. The summed E-state index contributed by atoms with van der Waals surface area (Å²) in [6, 6.07) is 0. The van der Waals surface area contributed by atoms with Crippen molar-refractivity contribution in [3.8, 4) is 0 Å². The molecule has 96 valence electrons. The number of likely N-dealkylation sites (tertiary alicyclic amines) is 1. The van der Waals surface area contributed by atoms with Crippen LogP contribution in [-0.4, -0.2) is 49.9 Å². The Morgan fingerprint density at radius 1 is 1.50 bits per heavy atom. The quantitative estimate of drug-likeness (QED) is 0.692. The van der Waals surface area contributed by atoms with Crippen molar-refractivity contribution in [3.63, 3.8) is 0 Å². The van der Waals surface area contributed by atoms with Crippen LogP contribution >= 0.6 is 0 Å². The molecule has 3 rings (SSSR count). The molecule has 18 heavy (non-hydrogen) atoms. The molecule has 0 unspecified atom stereocenters. The third-order valence-electron chi connectivity index (χ3n) is 3.45. The predicted molar refractivity (Wildman–Crippen MR) is 66.6 cm³/mol. The van der Waals surface area contributed by atoms with E-state index in [2.05, 4.69) is 25.1 Å². The van der Waals surface area contributed by atoms with Crippen LogP contribution in [0.15, 0.2) is 6.33 Å². The van der Waals surface area contributed by atoms with E-state index >= 15 is 0 Å². The third-order valence-corrected chi connectivity index (χ3v) is 3.45. The van der Waals surface area contributed by atoms with Gasteiger partial charge in [-0.05, 0) is 18.9 Å². The Morgan fingerprint density at radius 2 is 2.39 bits per heavy atom. The van der Waals surface area contributed by atoms with Crippen molar-refractivity contribution in [3.05, 3.63) is 12.0 Å². The summed E-state index contributed by atoms with van der Waals surface area (Å²) in [5, 5.41) is 16.3. The normalized spacial score (nSPS) is 20.8. The maximum Gasteiger partial charge on any atom is 0.152 e. The summed E-state index contributed by atoms with van der Waals surface area (Å²) >= 11 is 0. The lowest BCUT2D eigenvalue weighted by molar-refractivity contribution is 0.219. The smallest absolute Gasteiger partial charge is 0.152 e. The van der Waals surface area contributed by atoms with Crippen LogP contribution in [0.3, 0.4) is 0 Å². The minimum Gasteiger partial charge on any atom is -0.396 e. The van der Waals surface area contributed by atoms with Gasteiger partial charge in [-0.25, -0.2) is 9.97 Å². The summed E-state index contributed by atoms with van der Waals surface area (Å²) < 4.78 is 0. The first-order chi connectivity index (χ1) is 8.78. The fraction of sp³-hybridized carbons (Fsp3) is 0.545. The molecule has 1 fully saturated rings. The second-order valence-electron chi connectivity index (χ2n) is 4.73. The highest BCUT2D eigenvalue weighted by molar-refractivity contribution is 5.85. The summed E-state index contributed by atoms with van der Waals surface area (Å²) in [6.07, 6.45) is 2.49. The van der Waals surface area contributed by atoms with Gasteiger partial charge in [0.25, 0.3) is 0 Å². The van der Waals surface area contributed by atoms with E-state index in [0.29, 0.717) is 17.3 Å². The Hall–Kier alpha value is -1.73. The van der Waals surface area contributed by atoms with Gasteiger partial charge >= 0.3 is 0 Å². The summed E-state index contributed by atoms with van der Waals surface area (Å²) in [5.74, 6) is 0.809. The Bertz CT molecular complexity index is 553. The van der Waals surface area contributed by atoms with Gasteiger partial charge in [0.2, 0.25) is 0 Å². The number of aromatic amines is 1. The highest BCUT2D eigenvalue weighted by atomic mass is 16.3. The third kappa shape index (κ3) is 1.91. The van der Waals surface area contributed by atoms with E-state index in [-0.39, 0.29) is 6.61 Å². The predicted octanol–water partition coefficient (Wildman–Crippen LogP) is -0.251. The summed E-state index contributed by atoms with van der Waals surface area (Å²) in [7, 11) is 0. The minimum absolute atomic E-state index is 0.257. The van der Waals surface area contributed by atoms with E-state index in [0.717, 1.165) is 37.3 Å². The summed E-state index contributed by atoms with van der Waals surface area (Å²) in [4.78, 5) is 10.4. The molecule has 0 radical (unpaired) electrons. The fourth-order valence-electron chi connectivity index (χ4n) is 2.43. The average molecular weight is 248 g/mol. The van der Waals surface area contributed by atoms with Gasteiger partial charge in [0, 0.05) is 19.7 Å². The first kappa shape index (κ1) is 11.4. The van der Waals surface area contributed by atoms with Gasteiger partial charge in [-0.3, -0.25) is 10.00 Å². The number of hydrogen-bond acceptors (Lipinski definition) is 6. The van der Waals surface area contributed by atoms with E-state index in [1.54, 1.807) is 0 Å². The standard InChI is InChI=1S/C11H16N6O/c12-11-10-9(13-6-14-11)8(15-16-10)4-17-2-1-7(3-17)5-18/h6-7,18H,1-5H2,(H,15,16)(H2,12,13,14)/t7-/m1/s1. The molecule has 7 heteroatoms. The van der Waals surface area contributed by atoms with E-state index in [4.69, 9.17) is 10.8 Å². The number of anilines is 1. The van der Waals surface area contributed by atoms with Crippen LogP contribution in [0.25, 0.3) is 11.0 Å². The lowest BCUT2D eigenvalue weighted by Gasteiger charge is -2.13. The van der Waals surface area contributed by atoms with Gasteiger partial charge in [0.15, 0.2) is 5.82 Å². The van der Waals surface area contributed by atoms with Crippen LogP contribution in [0.5, 0.6) is 0 Å².